The maximum atomic E-state index is 12.7. The summed E-state index contributed by atoms with van der Waals surface area (Å²) < 4.78 is 16.3. The van der Waals surface area contributed by atoms with Crippen LogP contribution in [0, 0.1) is 0 Å². The molecule has 0 fully saturated rings. The number of hydrogen-bond acceptors (Lipinski definition) is 7. The van der Waals surface area contributed by atoms with E-state index >= 15 is 0 Å². The van der Waals surface area contributed by atoms with Crippen molar-refractivity contribution < 1.29 is 19.0 Å². The first-order valence-corrected chi connectivity index (χ1v) is 11.4. The average Bonchev–Trinajstić information content (AvgIpc) is 3.26. The van der Waals surface area contributed by atoms with Crippen molar-refractivity contribution in [3.63, 3.8) is 0 Å². The third-order valence-electron chi connectivity index (χ3n) is 5.38. The van der Waals surface area contributed by atoms with Gasteiger partial charge in [-0.25, -0.2) is 4.98 Å². The van der Waals surface area contributed by atoms with Gasteiger partial charge in [-0.05, 0) is 48.7 Å². The molecule has 1 aliphatic heterocycles. The normalized spacial score (nSPS) is 13.3. The van der Waals surface area contributed by atoms with Crippen LogP contribution in [0.4, 0.5) is 5.13 Å². The number of thiazole rings is 1. The summed E-state index contributed by atoms with van der Waals surface area (Å²) in [5.74, 6) is 2.19. The molecule has 1 aromatic heterocycles. The topological polar surface area (TPSA) is 72.9 Å². The molecule has 0 radical (unpaired) electrons. The fourth-order valence-corrected chi connectivity index (χ4v) is 4.54. The summed E-state index contributed by atoms with van der Waals surface area (Å²) in [5.41, 5.74) is 4.14. The lowest BCUT2D eigenvalue weighted by atomic mass is 9.99. The van der Waals surface area contributed by atoms with Gasteiger partial charge in [0.15, 0.2) is 5.13 Å². The first-order chi connectivity index (χ1) is 15.6. The van der Waals surface area contributed by atoms with Gasteiger partial charge in [-0.1, -0.05) is 6.07 Å². The van der Waals surface area contributed by atoms with E-state index in [2.05, 4.69) is 27.3 Å². The average molecular weight is 454 g/mol. The van der Waals surface area contributed by atoms with Crippen molar-refractivity contribution in [1.82, 2.24) is 9.88 Å². The smallest absolute Gasteiger partial charge is 0.240 e. The van der Waals surface area contributed by atoms with E-state index in [1.807, 2.05) is 36.6 Å². The fraction of sp³-hybridized carbons (Fsp3) is 0.333. The molecule has 1 aliphatic rings. The Labute approximate surface area is 191 Å². The number of methoxy groups -OCH3 is 2. The number of rotatable bonds is 8. The molecule has 2 aromatic carbocycles. The van der Waals surface area contributed by atoms with Crippen LogP contribution in [0.25, 0.3) is 11.3 Å². The van der Waals surface area contributed by atoms with Gasteiger partial charge in [-0.3, -0.25) is 9.69 Å². The SMILES string of the molecule is CCOc1ccc2c(c1)CN(CC(=O)Nc1nc(-c3ccc(OC)cc3OC)cs1)CC2. The first kappa shape index (κ1) is 22.1. The van der Waals surface area contributed by atoms with Gasteiger partial charge in [0.25, 0.3) is 0 Å². The molecule has 0 atom stereocenters. The first-order valence-electron chi connectivity index (χ1n) is 10.5. The van der Waals surface area contributed by atoms with Crippen molar-refractivity contribution in [3.8, 4) is 28.5 Å². The van der Waals surface area contributed by atoms with E-state index in [9.17, 15) is 4.79 Å². The van der Waals surface area contributed by atoms with Crippen molar-refractivity contribution >= 4 is 22.4 Å². The van der Waals surface area contributed by atoms with E-state index < -0.39 is 0 Å². The van der Waals surface area contributed by atoms with E-state index in [1.165, 1.54) is 22.5 Å². The van der Waals surface area contributed by atoms with Crippen molar-refractivity contribution in [2.75, 3.05) is 39.2 Å². The largest absolute Gasteiger partial charge is 0.497 e. The zero-order valence-electron chi connectivity index (χ0n) is 18.5. The molecule has 1 amide bonds. The second kappa shape index (κ2) is 10.0. The summed E-state index contributed by atoms with van der Waals surface area (Å²) in [7, 11) is 3.23. The van der Waals surface area contributed by atoms with Gasteiger partial charge in [0.1, 0.15) is 17.2 Å². The van der Waals surface area contributed by atoms with Gasteiger partial charge >= 0.3 is 0 Å². The Morgan fingerprint density at radius 3 is 2.75 bits per heavy atom. The number of carbonyl (C=O) groups excluding carboxylic acids is 1. The minimum Gasteiger partial charge on any atom is -0.497 e. The maximum Gasteiger partial charge on any atom is 0.240 e. The van der Waals surface area contributed by atoms with Crippen LogP contribution in [0.2, 0.25) is 0 Å². The standard InChI is InChI=1S/C24H27N3O4S/c1-4-31-19-6-5-16-9-10-27(13-17(16)11-19)14-23(28)26-24-25-21(15-32-24)20-8-7-18(29-2)12-22(20)30-3/h5-8,11-12,15H,4,9-10,13-14H2,1-3H3,(H,25,26,28). The molecule has 7 nitrogen and oxygen atoms in total. The second-order valence-corrected chi connectivity index (χ2v) is 8.33. The van der Waals surface area contributed by atoms with E-state index in [-0.39, 0.29) is 5.91 Å². The molecule has 1 N–H and O–H groups in total. The highest BCUT2D eigenvalue weighted by Gasteiger charge is 2.20. The maximum absolute atomic E-state index is 12.7. The van der Waals surface area contributed by atoms with Gasteiger partial charge in [-0.15, -0.1) is 11.3 Å². The second-order valence-electron chi connectivity index (χ2n) is 7.48. The molecule has 168 valence electrons. The highest BCUT2D eigenvalue weighted by molar-refractivity contribution is 7.14. The van der Waals surface area contributed by atoms with Gasteiger partial charge in [0.05, 0.1) is 33.1 Å². The quantitative estimate of drug-likeness (QED) is 0.551. The molecule has 8 heteroatoms. The van der Waals surface area contributed by atoms with E-state index in [0.29, 0.717) is 29.8 Å². The Kier molecular flexibility index (Phi) is 6.92. The molecule has 32 heavy (non-hydrogen) atoms. The van der Waals surface area contributed by atoms with Crippen LogP contribution in [0.1, 0.15) is 18.1 Å². The Hall–Kier alpha value is -3.10. The predicted molar refractivity (Wildman–Crippen MR) is 126 cm³/mol. The number of nitrogens with one attached hydrogen (secondary N) is 1. The third-order valence-corrected chi connectivity index (χ3v) is 6.14. The third kappa shape index (κ3) is 5.03. The van der Waals surface area contributed by atoms with E-state index in [0.717, 1.165) is 36.5 Å². The van der Waals surface area contributed by atoms with Crippen molar-refractivity contribution in [3.05, 3.63) is 52.9 Å². The van der Waals surface area contributed by atoms with Crippen LogP contribution in [-0.2, 0) is 17.8 Å². The molecule has 3 aromatic rings. The van der Waals surface area contributed by atoms with Crippen molar-refractivity contribution in [2.24, 2.45) is 0 Å². The van der Waals surface area contributed by atoms with Crippen LogP contribution in [0.5, 0.6) is 17.2 Å². The lowest BCUT2D eigenvalue weighted by Crippen LogP contribution is -2.37. The lowest BCUT2D eigenvalue weighted by molar-refractivity contribution is -0.117. The van der Waals surface area contributed by atoms with E-state index in [1.54, 1.807) is 14.2 Å². The highest BCUT2D eigenvalue weighted by Crippen LogP contribution is 2.35. The molecule has 0 spiro atoms. The minimum atomic E-state index is -0.0722. The van der Waals surface area contributed by atoms with Crippen LogP contribution < -0.4 is 19.5 Å². The Balaban J connectivity index is 1.38. The predicted octanol–water partition coefficient (Wildman–Crippen LogP) is 4.22. The van der Waals surface area contributed by atoms with Crippen LogP contribution in [0.15, 0.2) is 41.8 Å². The lowest BCUT2D eigenvalue weighted by Gasteiger charge is -2.28. The molecule has 4 rings (SSSR count). The Morgan fingerprint density at radius 2 is 1.97 bits per heavy atom. The molecule has 0 aliphatic carbocycles. The van der Waals surface area contributed by atoms with Gasteiger partial charge in [-0.2, -0.15) is 0 Å². The van der Waals surface area contributed by atoms with Gasteiger partial charge in [0, 0.05) is 30.1 Å². The summed E-state index contributed by atoms with van der Waals surface area (Å²) in [4.78, 5) is 19.4. The molecular formula is C24H27N3O4S. The van der Waals surface area contributed by atoms with Crippen LogP contribution in [0.3, 0.4) is 0 Å². The molecule has 0 unspecified atom stereocenters. The molecule has 0 saturated heterocycles. The summed E-state index contributed by atoms with van der Waals surface area (Å²) in [6.45, 7) is 4.52. The summed E-state index contributed by atoms with van der Waals surface area (Å²) in [6, 6.07) is 11.8. The molecular weight excluding hydrogens is 426 g/mol. The Morgan fingerprint density at radius 1 is 1.12 bits per heavy atom. The number of carbonyl (C=O) groups is 1. The highest BCUT2D eigenvalue weighted by atomic mass is 32.1. The molecule has 0 saturated carbocycles. The van der Waals surface area contributed by atoms with Gasteiger partial charge in [0.2, 0.25) is 5.91 Å². The fourth-order valence-electron chi connectivity index (χ4n) is 3.81. The number of aromatic nitrogens is 1. The molecule has 0 bridgehead atoms. The summed E-state index contributed by atoms with van der Waals surface area (Å²) in [6.07, 6.45) is 0.924. The zero-order valence-corrected chi connectivity index (χ0v) is 19.3. The number of amides is 1. The monoisotopic (exact) mass is 453 g/mol. The Bertz CT molecular complexity index is 1100. The van der Waals surface area contributed by atoms with Crippen molar-refractivity contribution in [2.45, 2.75) is 19.9 Å². The van der Waals surface area contributed by atoms with Crippen LogP contribution in [-0.4, -0.2) is 49.7 Å². The van der Waals surface area contributed by atoms with Crippen LogP contribution >= 0.6 is 11.3 Å². The number of ether oxygens (including phenoxy) is 3. The van der Waals surface area contributed by atoms with Crippen molar-refractivity contribution in [1.29, 1.82) is 0 Å². The van der Waals surface area contributed by atoms with E-state index in [4.69, 9.17) is 14.2 Å². The zero-order chi connectivity index (χ0) is 22.5. The summed E-state index contributed by atoms with van der Waals surface area (Å²) >= 11 is 1.39. The number of fused-ring (bicyclic) bond motifs is 1. The van der Waals surface area contributed by atoms with Gasteiger partial charge < -0.3 is 19.5 Å². The number of hydrogen-bond donors (Lipinski definition) is 1. The summed E-state index contributed by atoms with van der Waals surface area (Å²) in [5, 5.41) is 5.41. The number of nitrogens with zero attached hydrogens (tertiary/aromatic N) is 2. The molecule has 2 heterocycles. The number of anilines is 1. The number of benzene rings is 2. The minimum absolute atomic E-state index is 0.0722.